The van der Waals surface area contributed by atoms with Crippen molar-refractivity contribution in [1.29, 1.82) is 5.26 Å². The highest BCUT2D eigenvalue weighted by molar-refractivity contribution is 6.32. The normalized spacial score (nSPS) is 10.9. The van der Waals surface area contributed by atoms with Gasteiger partial charge in [-0.05, 0) is 13.0 Å². The van der Waals surface area contributed by atoms with Crippen molar-refractivity contribution in [1.82, 2.24) is 4.98 Å². The fourth-order valence-electron chi connectivity index (χ4n) is 0.910. The Morgan fingerprint density at radius 3 is 2.60 bits per heavy atom. The van der Waals surface area contributed by atoms with Crippen molar-refractivity contribution in [3.8, 4) is 11.8 Å². The highest BCUT2D eigenvalue weighted by Gasteiger charge is 2.33. The number of aromatic nitrogens is 1. The second-order valence-electron chi connectivity index (χ2n) is 2.58. The van der Waals surface area contributed by atoms with Crippen molar-refractivity contribution in [2.24, 2.45) is 0 Å². The third-order valence-electron chi connectivity index (χ3n) is 1.38. The number of aryl methyl sites for hydroxylation is 1. The summed E-state index contributed by atoms with van der Waals surface area (Å²) in [4.78, 5) is 3.57. The smallest absolute Gasteiger partial charge is 0.401 e. The fourth-order valence-corrected chi connectivity index (χ4v) is 1.20. The molecule has 1 rings (SSSR count). The van der Waals surface area contributed by atoms with Gasteiger partial charge in [-0.3, -0.25) is 0 Å². The van der Waals surface area contributed by atoms with E-state index >= 15 is 0 Å². The topological polar surface area (TPSA) is 45.9 Å². The lowest BCUT2D eigenvalue weighted by atomic mass is 10.3. The monoisotopic (exact) mass is 236 g/mol. The summed E-state index contributed by atoms with van der Waals surface area (Å²) in [6.45, 7) is 1.50. The summed E-state index contributed by atoms with van der Waals surface area (Å²) in [7, 11) is 0. The summed E-state index contributed by atoms with van der Waals surface area (Å²) in [5, 5.41) is 8.25. The molecule has 7 heteroatoms. The van der Waals surface area contributed by atoms with Crippen molar-refractivity contribution in [3.63, 3.8) is 0 Å². The van der Waals surface area contributed by atoms with E-state index in [1.54, 1.807) is 0 Å². The van der Waals surface area contributed by atoms with Crippen LogP contribution in [0.4, 0.5) is 13.2 Å². The van der Waals surface area contributed by atoms with Crippen LogP contribution in [0.25, 0.3) is 0 Å². The Morgan fingerprint density at radius 2 is 2.13 bits per heavy atom. The quantitative estimate of drug-likeness (QED) is 0.753. The Hall–Kier alpha value is -1.48. The first-order valence-electron chi connectivity index (χ1n) is 3.66. The minimum Gasteiger partial charge on any atom is -0.401 e. The van der Waals surface area contributed by atoms with Gasteiger partial charge >= 0.3 is 6.36 Å². The summed E-state index contributed by atoms with van der Waals surface area (Å²) in [5.41, 5.74) is -0.150. The Morgan fingerprint density at radius 1 is 1.53 bits per heavy atom. The maximum absolute atomic E-state index is 11.9. The van der Waals surface area contributed by atoms with Gasteiger partial charge < -0.3 is 4.74 Å². The van der Waals surface area contributed by atoms with Gasteiger partial charge in [0.05, 0.1) is 5.02 Å². The van der Waals surface area contributed by atoms with E-state index in [1.807, 2.05) is 0 Å². The highest BCUT2D eigenvalue weighted by Crippen LogP contribution is 2.32. The maximum Gasteiger partial charge on any atom is 0.573 e. The van der Waals surface area contributed by atoms with Crippen molar-refractivity contribution >= 4 is 11.6 Å². The molecule has 1 heterocycles. The number of nitriles is 1. The van der Waals surface area contributed by atoms with E-state index in [1.165, 1.54) is 19.1 Å². The van der Waals surface area contributed by atoms with E-state index in [2.05, 4.69) is 9.72 Å². The fraction of sp³-hybridized carbons (Fsp3) is 0.250. The van der Waals surface area contributed by atoms with Crippen LogP contribution in [-0.2, 0) is 0 Å². The molecule has 0 aliphatic rings. The molecule has 0 aliphatic carbocycles. The van der Waals surface area contributed by atoms with Gasteiger partial charge in [0.2, 0.25) is 0 Å². The zero-order valence-corrected chi connectivity index (χ0v) is 8.15. The molecule has 1 aromatic heterocycles. The molecule has 0 unspecified atom stereocenters. The molecular formula is C8H4ClF3N2O. The number of alkyl halides is 3. The average molecular weight is 237 g/mol. The first-order chi connectivity index (χ1) is 6.83. The molecule has 0 bridgehead atoms. The van der Waals surface area contributed by atoms with Gasteiger partial charge in [-0.15, -0.1) is 13.2 Å². The summed E-state index contributed by atoms with van der Waals surface area (Å²) in [6.07, 6.45) is -4.90. The van der Waals surface area contributed by atoms with Gasteiger partial charge in [-0.1, -0.05) is 11.6 Å². The molecule has 0 spiro atoms. The zero-order valence-electron chi connectivity index (χ0n) is 7.39. The van der Waals surface area contributed by atoms with Gasteiger partial charge in [0.15, 0.2) is 11.4 Å². The second-order valence-corrected chi connectivity index (χ2v) is 2.99. The largest absolute Gasteiger partial charge is 0.573 e. The molecule has 80 valence electrons. The molecule has 0 fully saturated rings. The molecular weight excluding hydrogens is 233 g/mol. The summed E-state index contributed by atoms with van der Waals surface area (Å²) < 4.78 is 39.4. The predicted octanol–water partition coefficient (Wildman–Crippen LogP) is 2.81. The van der Waals surface area contributed by atoms with Crippen molar-refractivity contribution < 1.29 is 17.9 Å². The van der Waals surface area contributed by atoms with Crippen LogP contribution in [0.15, 0.2) is 6.07 Å². The second kappa shape index (κ2) is 3.95. The van der Waals surface area contributed by atoms with E-state index in [4.69, 9.17) is 16.9 Å². The molecule has 0 N–H and O–H groups in total. The van der Waals surface area contributed by atoms with Crippen LogP contribution in [0.1, 0.15) is 11.4 Å². The lowest BCUT2D eigenvalue weighted by molar-refractivity contribution is -0.274. The van der Waals surface area contributed by atoms with Crippen molar-refractivity contribution in [2.45, 2.75) is 13.3 Å². The van der Waals surface area contributed by atoms with E-state index in [-0.39, 0.29) is 5.02 Å². The highest BCUT2D eigenvalue weighted by atomic mass is 35.5. The zero-order chi connectivity index (χ0) is 11.6. The Bertz CT molecular complexity index is 425. The lowest BCUT2D eigenvalue weighted by Gasteiger charge is -2.11. The molecule has 0 aliphatic heterocycles. The predicted molar refractivity (Wildman–Crippen MR) is 45.4 cm³/mol. The van der Waals surface area contributed by atoms with E-state index in [0.29, 0.717) is 5.69 Å². The summed E-state index contributed by atoms with van der Waals surface area (Å²) in [6, 6.07) is 2.66. The molecule has 0 amide bonds. The molecule has 0 saturated carbocycles. The first-order valence-corrected chi connectivity index (χ1v) is 4.04. The van der Waals surface area contributed by atoms with Gasteiger partial charge in [0.25, 0.3) is 0 Å². The number of pyridine rings is 1. The van der Waals surface area contributed by atoms with Crippen LogP contribution >= 0.6 is 11.6 Å². The first kappa shape index (κ1) is 11.6. The molecule has 0 saturated heterocycles. The van der Waals surface area contributed by atoms with Crippen LogP contribution < -0.4 is 4.74 Å². The minimum atomic E-state index is -4.90. The maximum atomic E-state index is 11.9. The van der Waals surface area contributed by atoms with E-state index in [9.17, 15) is 13.2 Å². The van der Waals surface area contributed by atoms with Crippen molar-refractivity contribution in [3.05, 3.63) is 22.5 Å². The average Bonchev–Trinajstić information content (AvgIpc) is 2.07. The van der Waals surface area contributed by atoms with Crippen LogP contribution in [-0.4, -0.2) is 11.3 Å². The van der Waals surface area contributed by atoms with Gasteiger partial charge in [-0.25, -0.2) is 4.98 Å². The molecule has 15 heavy (non-hydrogen) atoms. The molecule has 0 atom stereocenters. The number of halogens is 4. The number of hydrogen-bond acceptors (Lipinski definition) is 3. The third kappa shape index (κ3) is 2.99. The lowest BCUT2D eigenvalue weighted by Crippen LogP contribution is -2.18. The Kier molecular flexibility index (Phi) is 3.05. The van der Waals surface area contributed by atoms with E-state index in [0.717, 1.165) is 0 Å². The number of hydrogen-bond donors (Lipinski definition) is 0. The molecule has 0 aromatic carbocycles. The third-order valence-corrected chi connectivity index (χ3v) is 1.66. The minimum absolute atomic E-state index is 0.295. The SMILES string of the molecule is Cc1cc(Cl)c(OC(F)(F)F)c(C#N)n1. The van der Waals surface area contributed by atoms with Crippen molar-refractivity contribution in [2.75, 3.05) is 0 Å². The summed E-state index contributed by atoms with van der Waals surface area (Å²) >= 11 is 5.50. The number of ether oxygens (including phenoxy) is 1. The standard InChI is InChI=1S/C8H4ClF3N2O/c1-4-2-5(9)7(6(3-13)14-4)15-8(10,11)12/h2H,1H3. The van der Waals surface area contributed by atoms with Crippen LogP contribution in [0.5, 0.6) is 5.75 Å². The van der Waals surface area contributed by atoms with Gasteiger partial charge in [0, 0.05) is 5.69 Å². The Labute approximate surface area is 88.1 Å². The summed E-state index contributed by atoms with van der Waals surface area (Å²) in [5.74, 6) is -0.766. The van der Waals surface area contributed by atoms with Crippen LogP contribution in [0.2, 0.25) is 5.02 Å². The molecule has 0 radical (unpaired) electrons. The molecule has 1 aromatic rings. The molecule has 3 nitrogen and oxygen atoms in total. The Balaban J connectivity index is 3.23. The number of nitrogens with zero attached hydrogens (tertiary/aromatic N) is 2. The van der Waals surface area contributed by atoms with E-state index < -0.39 is 17.8 Å². The van der Waals surface area contributed by atoms with Gasteiger partial charge in [-0.2, -0.15) is 5.26 Å². The van der Waals surface area contributed by atoms with Crippen LogP contribution in [0, 0.1) is 18.3 Å². The van der Waals surface area contributed by atoms with Gasteiger partial charge in [0.1, 0.15) is 6.07 Å². The van der Waals surface area contributed by atoms with Crippen LogP contribution in [0.3, 0.4) is 0 Å². The number of rotatable bonds is 1.